The lowest BCUT2D eigenvalue weighted by molar-refractivity contribution is -0.140. The van der Waals surface area contributed by atoms with Crippen LogP contribution in [0.25, 0.3) is 0 Å². The summed E-state index contributed by atoms with van der Waals surface area (Å²) in [4.78, 5) is 10.8. The summed E-state index contributed by atoms with van der Waals surface area (Å²) in [5, 5.41) is 0. The molecule has 0 radical (unpaired) electrons. The molecule has 0 aromatic carbocycles. The topological polar surface area (TPSA) is 26.3 Å². The lowest BCUT2D eigenvalue weighted by atomic mass is 10.2. The molecule has 0 unspecified atom stereocenters. The minimum absolute atomic E-state index is 0.141. The van der Waals surface area contributed by atoms with Crippen LogP contribution in [0.4, 0.5) is 0 Å². The number of hydrogen-bond donors (Lipinski definition) is 0. The molecule has 0 bridgehead atoms. The Morgan fingerprint density at radius 3 is 2.18 bits per heavy atom. The van der Waals surface area contributed by atoms with Gasteiger partial charge in [0.15, 0.2) is 0 Å². The highest BCUT2D eigenvalue weighted by molar-refractivity contribution is 5.69. The Morgan fingerprint density at radius 2 is 1.53 bits per heavy atom. The molecule has 0 rings (SSSR count). The quantitative estimate of drug-likeness (QED) is 0.341. The molecule has 0 spiro atoms. The molecule has 2 nitrogen and oxygen atoms in total. The monoisotopic (exact) mass is 236 g/mol. The molecule has 0 aliphatic carbocycles. The van der Waals surface area contributed by atoms with Gasteiger partial charge in [-0.15, -0.1) is 0 Å². The Kier molecular flexibility index (Phi) is 11.8. The fourth-order valence-electron chi connectivity index (χ4n) is 1.29. The first-order valence-corrected chi connectivity index (χ1v) is 6.33. The lowest BCUT2D eigenvalue weighted by Gasteiger charge is -1.93. The predicted molar refractivity (Wildman–Crippen MR) is 72.8 cm³/mol. The van der Waals surface area contributed by atoms with E-state index in [0.29, 0.717) is 6.42 Å². The van der Waals surface area contributed by atoms with E-state index in [2.05, 4.69) is 42.0 Å². The zero-order chi connectivity index (χ0) is 12.8. The third-order valence-corrected chi connectivity index (χ3v) is 2.25. The number of carbonyl (C=O) groups is 1. The smallest absolute Gasteiger partial charge is 0.305 e. The number of esters is 1. The molecule has 0 N–H and O–H groups in total. The average molecular weight is 236 g/mol. The van der Waals surface area contributed by atoms with Crippen LogP contribution in [-0.2, 0) is 9.53 Å². The van der Waals surface area contributed by atoms with Crippen LogP contribution in [0.2, 0.25) is 0 Å². The highest BCUT2D eigenvalue weighted by Gasteiger charge is 1.94. The maximum Gasteiger partial charge on any atom is 0.305 e. The van der Waals surface area contributed by atoms with Gasteiger partial charge >= 0.3 is 5.97 Å². The zero-order valence-corrected chi connectivity index (χ0v) is 11.0. The minimum atomic E-state index is -0.141. The molecule has 0 fully saturated rings. The highest BCUT2D eigenvalue weighted by atomic mass is 16.5. The van der Waals surface area contributed by atoms with Gasteiger partial charge < -0.3 is 4.74 Å². The van der Waals surface area contributed by atoms with Gasteiger partial charge in [0.1, 0.15) is 0 Å². The van der Waals surface area contributed by atoms with Crippen molar-refractivity contribution in [3.8, 4) is 0 Å². The Bertz CT molecular complexity index is 262. The summed E-state index contributed by atoms with van der Waals surface area (Å²) in [5.41, 5.74) is 0. The van der Waals surface area contributed by atoms with Crippen LogP contribution in [0.1, 0.15) is 45.4 Å². The van der Waals surface area contributed by atoms with Gasteiger partial charge in [-0.1, -0.05) is 43.4 Å². The number of allylic oxidation sites excluding steroid dienone is 6. The Balaban J connectivity index is 3.35. The summed E-state index contributed by atoms with van der Waals surface area (Å²) in [6.45, 7) is 2.14. The van der Waals surface area contributed by atoms with E-state index < -0.39 is 0 Å². The summed E-state index contributed by atoms with van der Waals surface area (Å²) in [7, 11) is 1.42. The summed E-state index contributed by atoms with van der Waals surface area (Å²) in [6.07, 6.45) is 18.4. The Labute approximate surface area is 105 Å². The summed E-state index contributed by atoms with van der Waals surface area (Å²) in [5.74, 6) is -0.141. The Hall–Kier alpha value is -1.31. The molecule has 0 saturated carbocycles. The molecule has 0 aromatic heterocycles. The van der Waals surface area contributed by atoms with E-state index in [9.17, 15) is 4.79 Å². The van der Waals surface area contributed by atoms with Crippen molar-refractivity contribution in [2.45, 2.75) is 45.4 Å². The van der Waals surface area contributed by atoms with Crippen LogP contribution in [0.3, 0.4) is 0 Å². The van der Waals surface area contributed by atoms with Gasteiger partial charge in [-0.25, -0.2) is 0 Å². The van der Waals surface area contributed by atoms with Crippen molar-refractivity contribution in [1.82, 2.24) is 0 Å². The molecule has 0 saturated heterocycles. The van der Waals surface area contributed by atoms with E-state index in [0.717, 1.165) is 32.1 Å². The van der Waals surface area contributed by atoms with Crippen LogP contribution in [-0.4, -0.2) is 13.1 Å². The number of carbonyl (C=O) groups excluding carboxylic acids is 1. The van der Waals surface area contributed by atoms with Crippen molar-refractivity contribution >= 4 is 5.97 Å². The maximum atomic E-state index is 10.8. The normalized spacial score (nSPS) is 11.9. The number of unbranched alkanes of at least 4 members (excludes halogenated alkanes) is 1. The van der Waals surface area contributed by atoms with Gasteiger partial charge in [-0.3, -0.25) is 4.79 Å². The van der Waals surface area contributed by atoms with Crippen molar-refractivity contribution in [2.75, 3.05) is 7.11 Å². The molecular formula is C15H24O2. The van der Waals surface area contributed by atoms with Crippen LogP contribution in [0.15, 0.2) is 36.5 Å². The second-order valence-electron chi connectivity index (χ2n) is 3.75. The molecule has 17 heavy (non-hydrogen) atoms. The second-order valence-corrected chi connectivity index (χ2v) is 3.75. The van der Waals surface area contributed by atoms with Crippen LogP contribution >= 0.6 is 0 Å². The molecule has 2 heteroatoms. The number of hydrogen-bond acceptors (Lipinski definition) is 2. The molecule has 0 heterocycles. The van der Waals surface area contributed by atoms with E-state index >= 15 is 0 Å². The van der Waals surface area contributed by atoms with Gasteiger partial charge in [0, 0.05) is 6.42 Å². The average Bonchev–Trinajstić information content (AvgIpc) is 2.35. The fraction of sp³-hybridized carbons (Fsp3) is 0.533. The molecule has 0 amide bonds. The molecule has 0 aliphatic rings. The molecule has 0 atom stereocenters. The largest absolute Gasteiger partial charge is 0.469 e. The number of ether oxygens (including phenoxy) is 1. The van der Waals surface area contributed by atoms with Crippen LogP contribution in [0, 0.1) is 0 Å². The predicted octanol–water partition coefficient (Wildman–Crippen LogP) is 4.19. The van der Waals surface area contributed by atoms with E-state index in [1.807, 2.05) is 6.08 Å². The number of methoxy groups -OCH3 is 1. The van der Waals surface area contributed by atoms with E-state index in [4.69, 9.17) is 0 Å². The van der Waals surface area contributed by atoms with Gasteiger partial charge in [0.05, 0.1) is 7.11 Å². The first-order chi connectivity index (χ1) is 8.31. The minimum Gasteiger partial charge on any atom is -0.469 e. The highest BCUT2D eigenvalue weighted by Crippen LogP contribution is 1.99. The first kappa shape index (κ1) is 15.7. The van der Waals surface area contributed by atoms with E-state index in [1.165, 1.54) is 7.11 Å². The fourth-order valence-corrected chi connectivity index (χ4v) is 1.29. The third kappa shape index (κ3) is 12.6. The molecule has 0 aliphatic heterocycles. The van der Waals surface area contributed by atoms with Gasteiger partial charge in [0.2, 0.25) is 0 Å². The number of rotatable bonds is 9. The lowest BCUT2D eigenvalue weighted by Crippen LogP contribution is -1.97. The van der Waals surface area contributed by atoms with E-state index in [-0.39, 0.29) is 5.97 Å². The molecule has 96 valence electrons. The first-order valence-electron chi connectivity index (χ1n) is 6.33. The van der Waals surface area contributed by atoms with Crippen molar-refractivity contribution in [3.05, 3.63) is 36.5 Å². The summed E-state index contributed by atoms with van der Waals surface area (Å²) < 4.78 is 4.55. The second kappa shape index (κ2) is 12.8. The maximum absolute atomic E-state index is 10.8. The molecular weight excluding hydrogens is 212 g/mol. The standard InChI is InChI=1S/C15H24O2/c1-3-4-5-6-7-8-9-10-11-12-13-14-15(16)17-2/h4-5,7-8,11-12H,3,6,9-10,13-14H2,1-2H3/b5-4-,8-7-,12-11+. The van der Waals surface area contributed by atoms with Crippen LogP contribution in [0.5, 0.6) is 0 Å². The van der Waals surface area contributed by atoms with Crippen molar-refractivity contribution in [1.29, 1.82) is 0 Å². The van der Waals surface area contributed by atoms with Crippen molar-refractivity contribution in [2.24, 2.45) is 0 Å². The van der Waals surface area contributed by atoms with Gasteiger partial charge in [0.25, 0.3) is 0 Å². The SMILES string of the molecule is CC/C=C\C/C=C\CC/C=C/CCC(=O)OC. The summed E-state index contributed by atoms with van der Waals surface area (Å²) in [6, 6.07) is 0. The summed E-state index contributed by atoms with van der Waals surface area (Å²) >= 11 is 0. The van der Waals surface area contributed by atoms with Crippen molar-refractivity contribution in [3.63, 3.8) is 0 Å². The van der Waals surface area contributed by atoms with E-state index in [1.54, 1.807) is 0 Å². The Morgan fingerprint density at radius 1 is 0.941 bits per heavy atom. The van der Waals surface area contributed by atoms with Crippen molar-refractivity contribution < 1.29 is 9.53 Å². The molecule has 0 aromatic rings. The third-order valence-electron chi connectivity index (χ3n) is 2.25. The van der Waals surface area contributed by atoms with Gasteiger partial charge in [-0.2, -0.15) is 0 Å². The van der Waals surface area contributed by atoms with Gasteiger partial charge in [-0.05, 0) is 32.1 Å². The zero-order valence-electron chi connectivity index (χ0n) is 11.0. The van der Waals surface area contributed by atoms with Crippen LogP contribution < -0.4 is 0 Å².